The van der Waals surface area contributed by atoms with Gasteiger partial charge in [0.25, 0.3) is 0 Å². The summed E-state index contributed by atoms with van der Waals surface area (Å²) < 4.78 is 145. The van der Waals surface area contributed by atoms with Gasteiger partial charge in [0.05, 0.1) is 48.0 Å². The Morgan fingerprint density at radius 3 is 1.65 bits per heavy atom. The number of hydrogen-bond donors (Lipinski definition) is 2. The molecule has 0 aromatic heterocycles. The molecule has 68 heavy (non-hydrogen) atoms. The number of fused-ring (bicyclic) bond motifs is 4. The number of Topliss-reactive ketones (excluding diaryl/α,β-unsaturated/α-hetero) is 1. The molecule has 0 aliphatic heterocycles. The van der Waals surface area contributed by atoms with Crippen LogP contribution in [0.15, 0.2) is 160 Å². The molecule has 7 aromatic rings. The molecule has 1 aliphatic carbocycles. The summed E-state index contributed by atoms with van der Waals surface area (Å²) in [5.74, 6) is -0.904. The number of nitrogens with two attached hydrogens (primary N) is 1. The normalized spacial score (nSPS) is 13.7. The van der Waals surface area contributed by atoms with Crippen molar-refractivity contribution in [2.75, 3.05) is 11.2 Å². The zero-order chi connectivity index (χ0) is 45.9. The first-order valence-electron chi connectivity index (χ1n) is 17.9. The maximum Gasteiger partial charge on any atom is 1.00 e. The van der Waals surface area contributed by atoms with Gasteiger partial charge in [-0.3, -0.25) is 10.2 Å². The van der Waals surface area contributed by atoms with E-state index in [0.717, 1.165) is 42.5 Å². The van der Waals surface area contributed by atoms with E-state index < -0.39 is 71.6 Å². The second kappa shape index (κ2) is 22.1. The van der Waals surface area contributed by atoms with Crippen molar-refractivity contribution in [3.63, 3.8) is 0 Å². The number of hydrogen-bond acceptors (Lipinski definition) is 20. The van der Waals surface area contributed by atoms with Crippen LogP contribution in [0.4, 0.5) is 34.1 Å². The summed E-state index contributed by atoms with van der Waals surface area (Å²) in [5.41, 5.74) is 8.15. The summed E-state index contributed by atoms with van der Waals surface area (Å²) in [7, 11) is -20.6. The number of nitrogens with one attached hydrogen (secondary N) is 1. The molecule has 0 bridgehead atoms. The molecule has 0 heterocycles. The number of hydrazone groups is 1. The molecular weight excluding hydrogens is 1010 g/mol. The van der Waals surface area contributed by atoms with Crippen molar-refractivity contribution in [2.24, 2.45) is 25.6 Å². The van der Waals surface area contributed by atoms with E-state index in [-0.39, 0.29) is 185 Å². The topological polar surface area (TPSA) is 346 Å². The number of allylic oxidation sites excluding steroid dienone is 1. The largest absolute Gasteiger partial charge is 1.00 e. The van der Waals surface area contributed by atoms with Gasteiger partial charge in [0, 0.05) is 43.6 Å². The van der Waals surface area contributed by atoms with Crippen molar-refractivity contribution in [2.45, 2.75) is 14.7 Å². The average Bonchev–Trinajstić information content (AvgIpc) is 3.22. The molecule has 3 N–H and O–H groups in total. The number of benzene rings is 7. The van der Waals surface area contributed by atoms with Gasteiger partial charge in [-0.15, -0.1) is 15.3 Å². The van der Waals surface area contributed by atoms with E-state index in [9.17, 15) is 56.7 Å². The zero-order valence-electron chi connectivity index (χ0n) is 35.8. The van der Waals surface area contributed by atoms with Crippen LogP contribution in [0.2, 0.25) is 0 Å². The zero-order valence-corrected chi connectivity index (χ0v) is 47.1. The number of anilines is 2. The molecular formula is C40H23N7Na4O13S4. The Balaban J connectivity index is 0.00000252. The van der Waals surface area contributed by atoms with Gasteiger partial charge in [0.1, 0.15) is 46.2 Å². The van der Waals surface area contributed by atoms with Crippen molar-refractivity contribution in [3.8, 4) is 0 Å². The summed E-state index contributed by atoms with van der Waals surface area (Å²) in [4.78, 5) is 10.2. The van der Waals surface area contributed by atoms with E-state index in [4.69, 9.17) is 5.73 Å². The van der Waals surface area contributed by atoms with Gasteiger partial charge in [-0.05, 0) is 84.4 Å². The van der Waals surface area contributed by atoms with Gasteiger partial charge < -0.3 is 23.9 Å². The number of ketones is 1. The molecule has 0 saturated carbocycles. The summed E-state index contributed by atoms with van der Waals surface area (Å²) in [6.45, 7) is 0. The Morgan fingerprint density at radius 2 is 1.06 bits per heavy atom. The molecule has 0 unspecified atom stereocenters. The van der Waals surface area contributed by atoms with Crippen molar-refractivity contribution in [1.82, 2.24) is 0 Å². The Bertz CT molecular complexity index is 3820. The minimum atomic E-state index is -5.25. The first kappa shape index (κ1) is 57.4. The van der Waals surface area contributed by atoms with E-state index in [0.29, 0.717) is 10.8 Å². The van der Waals surface area contributed by atoms with Gasteiger partial charge in [0.15, 0.2) is 0 Å². The van der Waals surface area contributed by atoms with Gasteiger partial charge in [-0.25, -0.2) is 33.7 Å². The third kappa shape index (κ3) is 12.1. The van der Waals surface area contributed by atoms with E-state index in [1.165, 1.54) is 54.6 Å². The third-order valence-corrected chi connectivity index (χ3v) is 13.2. The standard InChI is InChI=1S/C40H27N7O13S4.4Na/c41-22-8-10-25-21(16-22)17-38(64(58,59)60)39(40(25)48)47-46-34-14-15-35(30-20-24(61(49,50)51)9-11-28(30)34)45-44-33-13-12-32(26-4-1-2-5-27(26)33)43-42-23-18-31-29(37(19-23)63(55,56)57)6-3-7-36(31)62(52,53)54;;;;/h1-20,46H,41H2,(H,49,50,51)(H,52,53,54)(H,55,56,57)(H,58,59,60);;;;/q;4*+1/p-4/b43-42?,45-44?,47-39-;;;;. The first-order chi connectivity index (χ1) is 30.1. The molecule has 0 spiro atoms. The monoisotopic (exact) mass is 1030 g/mol. The van der Waals surface area contributed by atoms with E-state index in [1.807, 2.05) is 0 Å². The predicted octanol–water partition coefficient (Wildman–Crippen LogP) is -5.16. The van der Waals surface area contributed by atoms with E-state index in [1.54, 1.807) is 24.3 Å². The van der Waals surface area contributed by atoms with Gasteiger partial charge in [-0.1, -0.05) is 42.5 Å². The van der Waals surface area contributed by atoms with Crippen molar-refractivity contribution in [3.05, 3.63) is 131 Å². The number of carbonyl (C=O) groups excluding carboxylic acids is 1. The molecule has 0 amide bonds. The molecule has 0 fully saturated rings. The summed E-state index contributed by atoms with van der Waals surface area (Å²) in [6, 6.07) is 24.8. The third-order valence-electron chi connectivity index (χ3n) is 9.72. The number of azo groups is 2. The summed E-state index contributed by atoms with van der Waals surface area (Å²) in [6.07, 6.45) is 0.968. The molecule has 20 nitrogen and oxygen atoms in total. The smallest absolute Gasteiger partial charge is 0.744 e. The van der Waals surface area contributed by atoms with E-state index in [2.05, 4.69) is 31.0 Å². The fraction of sp³-hybridized carbons (Fsp3) is 0. The van der Waals surface area contributed by atoms with Crippen LogP contribution < -0.4 is 129 Å². The van der Waals surface area contributed by atoms with Crippen LogP contribution in [-0.2, 0) is 40.5 Å². The Kier molecular flexibility index (Phi) is 18.6. The quantitative estimate of drug-likeness (QED) is 0.0425. The summed E-state index contributed by atoms with van der Waals surface area (Å²) in [5, 5.41) is 21.3. The van der Waals surface area contributed by atoms with Crippen molar-refractivity contribution >= 4 is 124 Å². The number of nitrogen functional groups attached to an aromatic ring is 1. The first-order valence-corrected chi connectivity index (χ1v) is 23.5. The SMILES string of the molecule is Nc1ccc2c(c1)C=C(S(=O)(=O)[O-])/C(=N/Nc1ccc(N=Nc3ccc(N=Nc4cc(S(=O)(=O)[O-])c5cccc(S(=O)(=O)[O-])c5c4)c4ccccc34)c3cc(S(=O)(=O)[O-])ccc13)C2=O.[Na+].[Na+].[Na+].[Na+]. The van der Waals surface area contributed by atoms with Crippen LogP contribution >= 0.6 is 0 Å². The molecule has 324 valence electrons. The second-order valence-electron chi connectivity index (χ2n) is 13.8. The minimum absolute atomic E-state index is 0. The number of nitrogens with zero attached hydrogens (tertiary/aromatic N) is 5. The Hall–Kier alpha value is -3.16. The summed E-state index contributed by atoms with van der Waals surface area (Å²) >= 11 is 0. The van der Waals surface area contributed by atoms with Gasteiger partial charge in [-0.2, -0.15) is 10.2 Å². The molecule has 7 aromatic carbocycles. The molecule has 0 atom stereocenters. The fourth-order valence-corrected chi connectivity index (χ4v) is 9.41. The van der Waals surface area contributed by atoms with Gasteiger partial charge in [0.2, 0.25) is 5.78 Å². The van der Waals surface area contributed by atoms with Crippen LogP contribution in [0.25, 0.3) is 38.4 Å². The number of carbonyl (C=O) groups is 1. The van der Waals surface area contributed by atoms with Crippen LogP contribution in [0.1, 0.15) is 15.9 Å². The molecule has 28 heteroatoms. The van der Waals surface area contributed by atoms with Crippen LogP contribution in [-0.4, -0.2) is 63.4 Å². The van der Waals surface area contributed by atoms with E-state index >= 15 is 0 Å². The van der Waals surface area contributed by atoms with Crippen LogP contribution in [0.5, 0.6) is 0 Å². The molecule has 0 saturated heterocycles. The van der Waals surface area contributed by atoms with Crippen LogP contribution in [0.3, 0.4) is 0 Å². The van der Waals surface area contributed by atoms with Crippen molar-refractivity contribution in [1.29, 1.82) is 0 Å². The molecule has 1 aliphatic rings. The average molecular weight is 1030 g/mol. The maximum absolute atomic E-state index is 13.4. The Morgan fingerprint density at radius 1 is 0.485 bits per heavy atom. The van der Waals surface area contributed by atoms with Crippen molar-refractivity contribution < 1.29 is 175 Å². The number of rotatable bonds is 10. The van der Waals surface area contributed by atoms with Crippen LogP contribution in [0, 0.1) is 0 Å². The van der Waals surface area contributed by atoms with Gasteiger partial charge >= 0.3 is 118 Å². The minimum Gasteiger partial charge on any atom is -0.744 e. The molecule has 8 rings (SSSR count). The molecule has 0 radical (unpaired) electrons. The fourth-order valence-electron chi connectivity index (χ4n) is 6.87. The Labute approximate surface area is 475 Å². The predicted molar refractivity (Wildman–Crippen MR) is 228 cm³/mol. The second-order valence-corrected chi connectivity index (χ2v) is 19.2. The maximum atomic E-state index is 13.4.